The first-order valence-corrected chi connectivity index (χ1v) is 8.48. The lowest BCUT2D eigenvalue weighted by Gasteiger charge is -2.08. The summed E-state index contributed by atoms with van der Waals surface area (Å²) in [7, 11) is 0. The Morgan fingerprint density at radius 2 is 1.65 bits per heavy atom. The van der Waals surface area contributed by atoms with E-state index in [1.165, 1.54) is 24.0 Å². The average molecular weight is 330 g/mol. The second-order valence-corrected chi connectivity index (χ2v) is 5.96. The Morgan fingerprint density at radius 1 is 1.04 bits per heavy atom. The number of halogens is 1. The van der Waals surface area contributed by atoms with Gasteiger partial charge in [0.2, 0.25) is 0 Å². The Hall–Kier alpha value is -1.77. The lowest BCUT2D eigenvalue weighted by Crippen LogP contribution is -2.14. The molecule has 0 aliphatic heterocycles. The van der Waals surface area contributed by atoms with E-state index >= 15 is 0 Å². The summed E-state index contributed by atoms with van der Waals surface area (Å²) in [6.45, 7) is 6.33. The lowest BCUT2D eigenvalue weighted by atomic mass is 10.1. The van der Waals surface area contributed by atoms with E-state index in [4.69, 9.17) is 16.3 Å². The van der Waals surface area contributed by atoms with E-state index in [1.807, 2.05) is 36.4 Å². The van der Waals surface area contributed by atoms with Gasteiger partial charge in [-0.1, -0.05) is 43.2 Å². The molecule has 2 rings (SSSR count). The Bertz CT molecular complexity index is 617. The molecule has 122 valence electrons. The van der Waals surface area contributed by atoms with Crippen LogP contribution in [0.3, 0.4) is 0 Å². The van der Waals surface area contributed by atoms with Gasteiger partial charge in [0.25, 0.3) is 0 Å². The van der Waals surface area contributed by atoms with E-state index in [2.05, 4.69) is 37.4 Å². The molecule has 2 aromatic carbocycles. The topological polar surface area (TPSA) is 21.3 Å². The predicted octanol–water partition coefficient (Wildman–Crippen LogP) is 5.93. The van der Waals surface area contributed by atoms with Gasteiger partial charge in [-0.2, -0.15) is 0 Å². The molecule has 0 saturated heterocycles. The molecular formula is C20H24ClNO. The number of hydrogen-bond acceptors (Lipinski definition) is 2. The summed E-state index contributed by atoms with van der Waals surface area (Å²) in [5, 5.41) is 4.13. The van der Waals surface area contributed by atoms with Gasteiger partial charge in [-0.05, 0) is 67.4 Å². The van der Waals surface area contributed by atoms with Crippen LogP contribution >= 0.6 is 11.6 Å². The highest BCUT2D eigenvalue weighted by Crippen LogP contribution is 2.24. The van der Waals surface area contributed by atoms with E-state index < -0.39 is 0 Å². The van der Waals surface area contributed by atoms with E-state index in [0.29, 0.717) is 5.02 Å². The van der Waals surface area contributed by atoms with Crippen LogP contribution in [0.15, 0.2) is 54.6 Å². The first-order chi connectivity index (χ1) is 11.2. The van der Waals surface area contributed by atoms with E-state index in [-0.39, 0.29) is 0 Å². The van der Waals surface area contributed by atoms with Crippen molar-refractivity contribution in [1.82, 2.24) is 5.32 Å². The van der Waals surface area contributed by atoms with Gasteiger partial charge in [-0.3, -0.25) is 0 Å². The highest BCUT2D eigenvalue weighted by Gasteiger charge is 2.00. The molecule has 0 saturated carbocycles. The second kappa shape index (κ2) is 9.39. The fourth-order valence-corrected chi connectivity index (χ4v) is 2.30. The van der Waals surface area contributed by atoms with Crippen molar-refractivity contribution in [3.8, 4) is 11.5 Å². The van der Waals surface area contributed by atoms with Crippen molar-refractivity contribution in [1.29, 1.82) is 0 Å². The van der Waals surface area contributed by atoms with Gasteiger partial charge < -0.3 is 10.1 Å². The van der Waals surface area contributed by atoms with Crippen LogP contribution in [-0.2, 0) is 0 Å². The van der Waals surface area contributed by atoms with Crippen LogP contribution in [0, 0.1) is 0 Å². The predicted molar refractivity (Wildman–Crippen MR) is 99.4 cm³/mol. The standard InChI is InChI=1S/C20H24ClNO/c1-3-4-14-22-15-13-16(2)17-5-9-19(10-6-17)23-20-11-7-18(21)8-12-20/h5-13,22H,3-4,14-15H2,1-2H3. The number of hydrogen-bond donors (Lipinski definition) is 1. The molecule has 0 bridgehead atoms. The number of nitrogens with one attached hydrogen (secondary N) is 1. The van der Waals surface area contributed by atoms with Gasteiger partial charge in [0.15, 0.2) is 0 Å². The van der Waals surface area contributed by atoms with E-state index in [0.717, 1.165) is 24.6 Å². The third-order valence-electron chi connectivity index (χ3n) is 3.62. The molecule has 2 nitrogen and oxygen atoms in total. The zero-order valence-corrected chi connectivity index (χ0v) is 14.6. The van der Waals surface area contributed by atoms with Crippen LogP contribution < -0.4 is 10.1 Å². The maximum atomic E-state index is 5.87. The number of ether oxygens (including phenoxy) is 1. The van der Waals surface area contributed by atoms with Crippen LogP contribution in [0.1, 0.15) is 32.3 Å². The van der Waals surface area contributed by atoms with Gasteiger partial charge in [-0.25, -0.2) is 0 Å². The molecule has 0 unspecified atom stereocenters. The van der Waals surface area contributed by atoms with Gasteiger partial charge in [0.1, 0.15) is 11.5 Å². The first kappa shape index (κ1) is 17.6. The van der Waals surface area contributed by atoms with Crippen molar-refractivity contribution >= 4 is 17.2 Å². The zero-order valence-electron chi connectivity index (χ0n) is 13.8. The van der Waals surface area contributed by atoms with Crippen molar-refractivity contribution in [2.45, 2.75) is 26.7 Å². The van der Waals surface area contributed by atoms with Crippen LogP contribution in [0.2, 0.25) is 5.02 Å². The molecule has 0 heterocycles. The molecule has 0 spiro atoms. The molecule has 23 heavy (non-hydrogen) atoms. The van der Waals surface area contributed by atoms with Gasteiger partial charge in [0, 0.05) is 11.6 Å². The number of allylic oxidation sites excluding steroid dienone is 1. The quantitative estimate of drug-likeness (QED) is 0.606. The van der Waals surface area contributed by atoms with Crippen LogP contribution in [0.4, 0.5) is 0 Å². The maximum absolute atomic E-state index is 5.87. The minimum Gasteiger partial charge on any atom is -0.457 e. The lowest BCUT2D eigenvalue weighted by molar-refractivity contribution is 0.482. The molecule has 0 radical (unpaired) electrons. The van der Waals surface area contributed by atoms with Crippen molar-refractivity contribution in [2.24, 2.45) is 0 Å². The van der Waals surface area contributed by atoms with Gasteiger partial charge in [-0.15, -0.1) is 0 Å². The Kier molecular flexibility index (Phi) is 7.18. The number of rotatable bonds is 8. The molecular weight excluding hydrogens is 306 g/mol. The normalized spacial score (nSPS) is 11.5. The fourth-order valence-electron chi connectivity index (χ4n) is 2.17. The maximum Gasteiger partial charge on any atom is 0.127 e. The molecule has 0 fully saturated rings. The summed E-state index contributed by atoms with van der Waals surface area (Å²) in [5.41, 5.74) is 2.48. The molecule has 3 heteroatoms. The highest BCUT2D eigenvalue weighted by molar-refractivity contribution is 6.30. The van der Waals surface area contributed by atoms with Crippen LogP contribution in [-0.4, -0.2) is 13.1 Å². The summed E-state index contributed by atoms with van der Waals surface area (Å²) in [5.74, 6) is 1.61. The smallest absolute Gasteiger partial charge is 0.127 e. The summed E-state index contributed by atoms with van der Waals surface area (Å²) < 4.78 is 5.80. The van der Waals surface area contributed by atoms with Gasteiger partial charge in [0.05, 0.1) is 0 Å². The minimum atomic E-state index is 0.709. The second-order valence-electron chi connectivity index (χ2n) is 5.53. The Labute approximate surface area is 144 Å². The van der Waals surface area contributed by atoms with Gasteiger partial charge >= 0.3 is 0 Å². The summed E-state index contributed by atoms with van der Waals surface area (Å²) in [6.07, 6.45) is 4.68. The van der Waals surface area contributed by atoms with Crippen molar-refractivity contribution in [3.63, 3.8) is 0 Å². The zero-order chi connectivity index (χ0) is 16.5. The number of benzene rings is 2. The molecule has 0 aromatic heterocycles. The highest BCUT2D eigenvalue weighted by atomic mass is 35.5. The molecule has 2 aromatic rings. The largest absolute Gasteiger partial charge is 0.457 e. The molecule has 0 aliphatic rings. The minimum absolute atomic E-state index is 0.709. The summed E-state index contributed by atoms with van der Waals surface area (Å²) in [4.78, 5) is 0. The molecule has 0 aliphatic carbocycles. The first-order valence-electron chi connectivity index (χ1n) is 8.10. The Balaban J connectivity index is 1.90. The van der Waals surface area contributed by atoms with Crippen molar-refractivity contribution in [2.75, 3.05) is 13.1 Å². The van der Waals surface area contributed by atoms with Crippen molar-refractivity contribution < 1.29 is 4.74 Å². The van der Waals surface area contributed by atoms with Crippen molar-refractivity contribution in [3.05, 3.63) is 65.2 Å². The average Bonchev–Trinajstić information content (AvgIpc) is 2.57. The third kappa shape index (κ3) is 6.09. The summed E-state index contributed by atoms with van der Waals surface area (Å²) in [6, 6.07) is 15.5. The van der Waals surface area contributed by atoms with E-state index in [1.54, 1.807) is 0 Å². The van der Waals surface area contributed by atoms with Crippen LogP contribution in [0.5, 0.6) is 11.5 Å². The molecule has 0 amide bonds. The SMILES string of the molecule is CCCCNCC=C(C)c1ccc(Oc2ccc(Cl)cc2)cc1. The third-order valence-corrected chi connectivity index (χ3v) is 3.87. The monoisotopic (exact) mass is 329 g/mol. The Morgan fingerprint density at radius 3 is 2.26 bits per heavy atom. The molecule has 1 N–H and O–H groups in total. The van der Waals surface area contributed by atoms with Crippen LogP contribution in [0.25, 0.3) is 5.57 Å². The number of unbranched alkanes of at least 4 members (excludes halogenated alkanes) is 1. The molecule has 0 atom stereocenters. The summed E-state index contributed by atoms with van der Waals surface area (Å²) >= 11 is 5.87. The fraction of sp³-hybridized carbons (Fsp3) is 0.300. The van der Waals surface area contributed by atoms with E-state index in [9.17, 15) is 0 Å².